The van der Waals surface area contributed by atoms with E-state index in [1.54, 1.807) is 23.4 Å². The third-order valence-corrected chi connectivity index (χ3v) is 5.30. The molecule has 156 valence electrons. The minimum absolute atomic E-state index is 0.0562. The number of likely N-dealkylation sites (tertiary alicyclic amines) is 1. The Balaban J connectivity index is 1.34. The molecule has 1 saturated heterocycles. The average molecular weight is 416 g/mol. The highest BCUT2D eigenvalue weighted by atomic mass is 16.5. The van der Waals surface area contributed by atoms with Crippen LogP contribution in [0.25, 0.3) is 22.2 Å². The Bertz CT molecular complexity index is 1220. The number of aromatic nitrogens is 3. The standard InChI is InChI=1S/C23H20N4O4/c1-29-21-22(25-11-10-24-21)30-17-9-12-27(14-17)23(28)16-7-8-19-18(13-16)20(31-26-19)15-5-3-2-4-6-15/h2-8,10-11,13,17H,9,12,14H2,1H3. The summed E-state index contributed by atoms with van der Waals surface area (Å²) in [6.07, 6.45) is 3.62. The first kappa shape index (κ1) is 19.0. The SMILES string of the molecule is COc1nccnc1OC1CCN(C(=O)c2ccc3noc(-c4ccccc4)c3c2)C1. The molecule has 0 spiro atoms. The summed E-state index contributed by atoms with van der Waals surface area (Å²) in [5.41, 5.74) is 2.22. The quantitative estimate of drug-likeness (QED) is 0.491. The van der Waals surface area contributed by atoms with Gasteiger partial charge < -0.3 is 18.9 Å². The third kappa shape index (κ3) is 3.68. The molecule has 1 atom stereocenters. The van der Waals surface area contributed by atoms with Gasteiger partial charge in [-0.05, 0) is 18.2 Å². The zero-order chi connectivity index (χ0) is 21.2. The van der Waals surface area contributed by atoms with Crippen LogP contribution in [-0.4, -0.2) is 52.2 Å². The summed E-state index contributed by atoms with van der Waals surface area (Å²) >= 11 is 0. The van der Waals surface area contributed by atoms with Gasteiger partial charge in [-0.1, -0.05) is 35.5 Å². The number of amides is 1. The van der Waals surface area contributed by atoms with Gasteiger partial charge in [0.05, 0.1) is 19.0 Å². The predicted octanol–water partition coefficient (Wildman–Crippen LogP) is 3.59. The van der Waals surface area contributed by atoms with E-state index >= 15 is 0 Å². The Labute approximate surface area is 178 Å². The van der Waals surface area contributed by atoms with Gasteiger partial charge in [0.1, 0.15) is 11.6 Å². The molecule has 8 nitrogen and oxygen atoms in total. The highest BCUT2D eigenvalue weighted by Crippen LogP contribution is 2.30. The van der Waals surface area contributed by atoms with E-state index in [1.807, 2.05) is 42.5 Å². The van der Waals surface area contributed by atoms with Crippen molar-refractivity contribution in [3.05, 3.63) is 66.5 Å². The molecular weight excluding hydrogens is 396 g/mol. The molecule has 0 N–H and O–H groups in total. The van der Waals surface area contributed by atoms with Crippen molar-refractivity contribution in [2.45, 2.75) is 12.5 Å². The van der Waals surface area contributed by atoms with E-state index in [2.05, 4.69) is 15.1 Å². The molecule has 1 aliphatic heterocycles. The fraction of sp³-hybridized carbons (Fsp3) is 0.217. The van der Waals surface area contributed by atoms with Crippen LogP contribution in [-0.2, 0) is 0 Å². The predicted molar refractivity (Wildman–Crippen MR) is 113 cm³/mol. The van der Waals surface area contributed by atoms with Crippen molar-refractivity contribution >= 4 is 16.8 Å². The topological polar surface area (TPSA) is 90.6 Å². The lowest BCUT2D eigenvalue weighted by Gasteiger charge is -2.17. The lowest BCUT2D eigenvalue weighted by molar-refractivity contribution is 0.0770. The lowest BCUT2D eigenvalue weighted by atomic mass is 10.1. The van der Waals surface area contributed by atoms with Crippen LogP contribution in [0, 0.1) is 0 Å². The van der Waals surface area contributed by atoms with Crippen molar-refractivity contribution in [1.82, 2.24) is 20.0 Å². The number of hydrogen-bond donors (Lipinski definition) is 0. The second-order valence-corrected chi connectivity index (χ2v) is 7.26. The van der Waals surface area contributed by atoms with Gasteiger partial charge in [-0.3, -0.25) is 4.79 Å². The molecule has 0 bridgehead atoms. The Kier molecular flexibility index (Phi) is 4.95. The molecule has 3 heterocycles. The Hall–Kier alpha value is -3.94. The van der Waals surface area contributed by atoms with E-state index in [9.17, 15) is 4.79 Å². The van der Waals surface area contributed by atoms with Crippen LogP contribution >= 0.6 is 0 Å². The zero-order valence-electron chi connectivity index (χ0n) is 16.9. The maximum absolute atomic E-state index is 13.1. The molecule has 0 saturated carbocycles. The summed E-state index contributed by atoms with van der Waals surface area (Å²) in [6.45, 7) is 1.06. The Morgan fingerprint density at radius 3 is 2.71 bits per heavy atom. The van der Waals surface area contributed by atoms with E-state index in [1.165, 1.54) is 7.11 Å². The molecule has 2 aromatic heterocycles. The summed E-state index contributed by atoms with van der Waals surface area (Å²) < 4.78 is 16.7. The maximum Gasteiger partial charge on any atom is 0.278 e. The van der Waals surface area contributed by atoms with Gasteiger partial charge in [0.25, 0.3) is 17.7 Å². The van der Waals surface area contributed by atoms with Crippen molar-refractivity contribution < 1.29 is 18.8 Å². The van der Waals surface area contributed by atoms with Gasteiger partial charge in [0.15, 0.2) is 5.76 Å². The summed E-state index contributed by atoms with van der Waals surface area (Å²) in [6, 6.07) is 15.2. The van der Waals surface area contributed by atoms with Gasteiger partial charge in [0.2, 0.25) is 0 Å². The number of carbonyl (C=O) groups is 1. The highest BCUT2D eigenvalue weighted by molar-refractivity contribution is 6.01. The van der Waals surface area contributed by atoms with E-state index in [-0.39, 0.29) is 12.0 Å². The largest absolute Gasteiger partial charge is 0.477 e. The fourth-order valence-electron chi connectivity index (χ4n) is 3.75. The number of nitrogens with zero attached hydrogens (tertiary/aromatic N) is 4. The average Bonchev–Trinajstić information content (AvgIpc) is 3.46. The molecule has 4 aromatic rings. The van der Waals surface area contributed by atoms with Crippen molar-refractivity contribution in [1.29, 1.82) is 0 Å². The number of hydrogen-bond acceptors (Lipinski definition) is 7. The Morgan fingerprint density at radius 1 is 1.10 bits per heavy atom. The number of fused-ring (bicyclic) bond motifs is 1. The van der Waals surface area contributed by atoms with Gasteiger partial charge in [0, 0.05) is 36.5 Å². The fourth-order valence-corrected chi connectivity index (χ4v) is 3.75. The number of ether oxygens (including phenoxy) is 2. The maximum atomic E-state index is 13.1. The van der Waals surface area contributed by atoms with Gasteiger partial charge in [-0.2, -0.15) is 0 Å². The summed E-state index contributed by atoms with van der Waals surface area (Å²) in [7, 11) is 1.52. The van der Waals surface area contributed by atoms with Gasteiger partial charge >= 0.3 is 0 Å². The third-order valence-electron chi connectivity index (χ3n) is 5.30. The molecule has 0 aliphatic carbocycles. The minimum atomic E-state index is -0.172. The van der Waals surface area contributed by atoms with Crippen LogP contribution in [0.2, 0.25) is 0 Å². The number of benzene rings is 2. The minimum Gasteiger partial charge on any atom is -0.477 e. The van der Waals surface area contributed by atoms with Crippen LogP contribution < -0.4 is 9.47 Å². The van der Waals surface area contributed by atoms with Crippen molar-refractivity contribution in [3.63, 3.8) is 0 Å². The second-order valence-electron chi connectivity index (χ2n) is 7.26. The monoisotopic (exact) mass is 416 g/mol. The first-order valence-corrected chi connectivity index (χ1v) is 9.98. The molecule has 1 unspecified atom stereocenters. The van der Waals surface area contributed by atoms with Crippen LogP contribution in [0.15, 0.2) is 65.4 Å². The first-order chi connectivity index (χ1) is 15.2. The summed E-state index contributed by atoms with van der Waals surface area (Å²) in [4.78, 5) is 23.2. The van der Waals surface area contributed by atoms with Crippen LogP contribution in [0.4, 0.5) is 0 Å². The molecule has 1 aliphatic rings. The Morgan fingerprint density at radius 2 is 1.90 bits per heavy atom. The van der Waals surface area contributed by atoms with E-state index in [0.29, 0.717) is 48.1 Å². The van der Waals surface area contributed by atoms with Crippen LogP contribution in [0.3, 0.4) is 0 Å². The van der Waals surface area contributed by atoms with Crippen LogP contribution in [0.5, 0.6) is 11.8 Å². The highest BCUT2D eigenvalue weighted by Gasteiger charge is 2.30. The van der Waals surface area contributed by atoms with Gasteiger partial charge in [-0.15, -0.1) is 0 Å². The molecule has 2 aromatic carbocycles. The number of carbonyl (C=O) groups excluding carboxylic acids is 1. The van der Waals surface area contributed by atoms with E-state index in [4.69, 9.17) is 14.0 Å². The zero-order valence-corrected chi connectivity index (χ0v) is 16.9. The van der Waals surface area contributed by atoms with E-state index in [0.717, 1.165) is 10.9 Å². The van der Waals surface area contributed by atoms with Crippen molar-refractivity contribution in [3.8, 4) is 23.1 Å². The van der Waals surface area contributed by atoms with Crippen LogP contribution in [0.1, 0.15) is 16.8 Å². The first-order valence-electron chi connectivity index (χ1n) is 9.98. The lowest BCUT2D eigenvalue weighted by Crippen LogP contribution is -2.31. The van der Waals surface area contributed by atoms with Crippen molar-refractivity contribution in [2.24, 2.45) is 0 Å². The second kappa shape index (κ2) is 8.06. The normalized spacial score (nSPS) is 15.9. The number of methoxy groups -OCH3 is 1. The van der Waals surface area contributed by atoms with Gasteiger partial charge in [-0.25, -0.2) is 9.97 Å². The molecule has 1 amide bonds. The molecule has 0 radical (unpaired) electrons. The smallest absolute Gasteiger partial charge is 0.278 e. The molecule has 31 heavy (non-hydrogen) atoms. The summed E-state index contributed by atoms with van der Waals surface area (Å²) in [5, 5.41) is 4.94. The number of rotatable bonds is 5. The molecule has 8 heteroatoms. The van der Waals surface area contributed by atoms with E-state index < -0.39 is 0 Å². The molecule has 5 rings (SSSR count). The molecule has 1 fully saturated rings. The van der Waals surface area contributed by atoms with Crippen molar-refractivity contribution in [2.75, 3.05) is 20.2 Å². The summed E-state index contributed by atoms with van der Waals surface area (Å²) in [5.74, 6) is 1.27. The molecular formula is C23H20N4O4.